The number of thioether (sulfide) groups is 2. The van der Waals surface area contributed by atoms with Crippen LogP contribution >= 0.6 is 34.9 Å². The molecule has 2 amide bonds. The van der Waals surface area contributed by atoms with Gasteiger partial charge in [-0.3, -0.25) is 9.59 Å². The van der Waals surface area contributed by atoms with Crippen LogP contribution in [0.2, 0.25) is 0 Å². The van der Waals surface area contributed by atoms with Crippen molar-refractivity contribution in [2.24, 2.45) is 0 Å². The van der Waals surface area contributed by atoms with Gasteiger partial charge in [-0.05, 0) is 42.7 Å². The zero-order valence-electron chi connectivity index (χ0n) is 15.9. The Balaban J connectivity index is 1.46. The number of thiazole rings is 1. The molecule has 2 atom stereocenters. The molecule has 150 valence electrons. The minimum atomic E-state index is -0.429. The van der Waals surface area contributed by atoms with Crippen molar-refractivity contribution in [1.29, 1.82) is 0 Å². The molecule has 2 aromatic carbocycles. The van der Waals surface area contributed by atoms with Gasteiger partial charge in [0.2, 0.25) is 11.8 Å². The number of anilines is 1. The third-order valence-corrected chi connectivity index (χ3v) is 7.70. The average molecular weight is 444 g/mol. The number of para-hydroxylation sites is 2. The Morgan fingerprint density at radius 1 is 1.24 bits per heavy atom. The smallest absolute Gasteiger partial charge is 0.238 e. The van der Waals surface area contributed by atoms with E-state index in [0.29, 0.717) is 0 Å². The molecule has 2 N–H and O–H groups in total. The first-order chi connectivity index (χ1) is 14.1. The van der Waals surface area contributed by atoms with E-state index in [1.54, 1.807) is 23.1 Å². The van der Waals surface area contributed by atoms with Gasteiger partial charge in [0.25, 0.3) is 0 Å². The summed E-state index contributed by atoms with van der Waals surface area (Å²) in [5, 5.41) is 6.51. The average Bonchev–Trinajstić information content (AvgIpc) is 3.16. The van der Waals surface area contributed by atoms with Gasteiger partial charge >= 0.3 is 0 Å². The van der Waals surface area contributed by atoms with Crippen LogP contribution in [0.15, 0.2) is 53.4 Å². The molecule has 0 spiro atoms. The largest absolute Gasteiger partial charge is 0.347 e. The van der Waals surface area contributed by atoms with E-state index in [9.17, 15) is 9.59 Å². The van der Waals surface area contributed by atoms with E-state index < -0.39 is 5.25 Å². The quantitative estimate of drug-likeness (QED) is 0.553. The van der Waals surface area contributed by atoms with Crippen LogP contribution in [-0.4, -0.2) is 34.1 Å². The van der Waals surface area contributed by atoms with Crippen molar-refractivity contribution in [2.45, 2.75) is 29.0 Å². The highest BCUT2D eigenvalue weighted by Gasteiger charge is 2.30. The Bertz CT molecular complexity index is 1000. The van der Waals surface area contributed by atoms with Crippen molar-refractivity contribution >= 4 is 62.6 Å². The van der Waals surface area contributed by atoms with Crippen molar-refractivity contribution in [1.82, 2.24) is 10.3 Å². The third kappa shape index (κ3) is 4.76. The minimum absolute atomic E-state index is 0.121. The predicted octanol–water partition coefficient (Wildman–Crippen LogP) is 4.71. The van der Waals surface area contributed by atoms with Gasteiger partial charge in [0.05, 0.1) is 27.2 Å². The van der Waals surface area contributed by atoms with Crippen LogP contribution in [0.5, 0.6) is 0 Å². The number of aromatic nitrogens is 1. The Morgan fingerprint density at radius 3 is 2.86 bits per heavy atom. The minimum Gasteiger partial charge on any atom is -0.347 e. The van der Waals surface area contributed by atoms with Crippen LogP contribution in [0, 0.1) is 0 Å². The molecule has 1 aromatic heterocycles. The molecular weight excluding hydrogens is 422 g/mol. The fraction of sp³-hybridized carbons (Fsp3) is 0.286. The molecule has 1 aliphatic rings. The van der Waals surface area contributed by atoms with Crippen molar-refractivity contribution in [3.05, 3.63) is 53.5 Å². The zero-order valence-corrected chi connectivity index (χ0v) is 18.3. The number of nitrogens with zero attached hydrogens (tertiary/aromatic N) is 1. The molecular formula is C21H21N3O2S3. The summed E-state index contributed by atoms with van der Waals surface area (Å²) in [5.74, 6) is 0.680. The van der Waals surface area contributed by atoms with Gasteiger partial charge < -0.3 is 10.6 Å². The number of hydrogen-bond donors (Lipinski definition) is 2. The molecule has 29 heavy (non-hydrogen) atoms. The monoisotopic (exact) mass is 443 g/mol. The Kier molecular flexibility index (Phi) is 6.42. The summed E-state index contributed by atoms with van der Waals surface area (Å²) in [4.78, 5) is 30.9. The molecule has 2 heterocycles. The lowest BCUT2D eigenvalue weighted by atomic mass is 10.2. The summed E-state index contributed by atoms with van der Waals surface area (Å²) < 4.78 is 1.12. The molecule has 0 radical (unpaired) electrons. The van der Waals surface area contributed by atoms with Crippen molar-refractivity contribution < 1.29 is 9.59 Å². The fourth-order valence-electron chi connectivity index (χ4n) is 3.18. The number of amides is 2. The first-order valence-corrected chi connectivity index (χ1v) is 12.4. The summed E-state index contributed by atoms with van der Waals surface area (Å²) >= 11 is 4.81. The van der Waals surface area contributed by atoms with Gasteiger partial charge in [0.1, 0.15) is 5.01 Å². The standard InChI is InChI=1S/C21H21N3O2S3/c1-27-11-10-15(21-24-14-7-3-5-9-17(14)29-21)22-19(25)12-18-20(26)23-13-6-2-4-8-16(13)28-18/h2-9,15,18H,10-12H2,1H3,(H,22,25)(H,23,26)/t15-,18+/m1/s1. The van der Waals surface area contributed by atoms with Crippen LogP contribution in [-0.2, 0) is 9.59 Å². The molecule has 3 aromatic rings. The number of nitrogens with one attached hydrogen (secondary N) is 2. The predicted molar refractivity (Wildman–Crippen MR) is 123 cm³/mol. The highest BCUT2D eigenvalue weighted by molar-refractivity contribution is 8.01. The number of hydrogen-bond acceptors (Lipinski definition) is 6. The molecule has 0 saturated carbocycles. The van der Waals surface area contributed by atoms with E-state index in [2.05, 4.69) is 16.9 Å². The summed E-state index contributed by atoms with van der Waals surface area (Å²) in [7, 11) is 0. The van der Waals surface area contributed by atoms with E-state index >= 15 is 0 Å². The van der Waals surface area contributed by atoms with E-state index in [4.69, 9.17) is 4.98 Å². The highest BCUT2D eigenvalue weighted by atomic mass is 32.2. The summed E-state index contributed by atoms with van der Waals surface area (Å²) in [5.41, 5.74) is 1.77. The lowest BCUT2D eigenvalue weighted by Crippen LogP contribution is -2.36. The molecule has 0 saturated heterocycles. The van der Waals surface area contributed by atoms with Crippen molar-refractivity contribution in [3.8, 4) is 0 Å². The van der Waals surface area contributed by atoms with Gasteiger partial charge in [-0.15, -0.1) is 23.1 Å². The Hall–Kier alpha value is -2.03. The first kappa shape index (κ1) is 20.3. The van der Waals surface area contributed by atoms with E-state index in [1.165, 1.54) is 11.8 Å². The summed E-state index contributed by atoms with van der Waals surface area (Å²) in [6.07, 6.45) is 3.00. The van der Waals surface area contributed by atoms with Gasteiger partial charge in [-0.2, -0.15) is 11.8 Å². The van der Waals surface area contributed by atoms with Crippen LogP contribution in [0.3, 0.4) is 0 Å². The van der Waals surface area contributed by atoms with Gasteiger partial charge in [0, 0.05) is 11.3 Å². The number of carbonyl (C=O) groups excluding carboxylic acids is 2. The molecule has 5 nitrogen and oxygen atoms in total. The second-order valence-electron chi connectivity index (χ2n) is 6.72. The lowest BCUT2D eigenvalue weighted by Gasteiger charge is -2.24. The molecule has 0 fully saturated rings. The van der Waals surface area contributed by atoms with Crippen LogP contribution in [0.25, 0.3) is 10.2 Å². The lowest BCUT2D eigenvalue weighted by molar-refractivity contribution is -0.124. The van der Waals surface area contributed by atoms with E-state index in [-0.39, 0.29) is 24.3 Å². The second kappa shape index (κ2) is 9.19. The first-order valence-electron chi connectivity index (χ1n) is 9.34. The summed E-state index contributed by atoms with van der Waals surface area (Å²) in [6, 6.07) is 15.5. The van der Waals surface area contributed by atoms with Gasteiger partial charge in [-0.25, -0.2) is 4.98 Å². The van der Waals surface area contributed by atoms with Gasteiger partial charge in [0.15, 0.2) is 0 Å². The van der Waals surface area contributed by atoms with Crippen molar-refractivity contribution in [2.75, 3.05) is 17.3 Å². The van der Waals surface area contributed by atoms with Crippen LogP contribution < -0.4 is 10.6 Å². The normalized spacial score (nSPS) is 16.9. The molecule has 0 aliphatic carbocycles. The fourth-order valence-corrected chi connectivity index (χ4v) is 5.82. The maximum Gasteiger partial charge on any atom is 0.238 e. The zero-order chi connectivity index (χ0) is 20.2. The Morgan fingerprint density at radius 2 is 2.03 bits per heavy atom. The number of fused-ring (bicyclic) bond motifs is 2. The topological polar surface area (TPSA) is 71.1 Å². The summed E-state index contributed by atoms with van der Waals surface area (Å²) in [6.45, 7) is 0. The maximum atomic E-state index is 12.8. The van der Waals surface area contributed by atoms with Gasteiger partial charge in [-0.1, -0.05) is 24.3 Å². The van der Waals surface area contributed by atoms with Crippen LogP contribution in [0.4, 0.5) is 5.69 Å². The van der Waals surface area contributed by atoms with Crippen molar-refractivity contribution in [3.63, 3.8) is 0 Å². The molecule has 1 aliphatic heterocycles. The third-order valence-electron chi connectivity index (χ3n) is 4.63. The maximum absolute atomic E-state index is 12.8. The van der Waals surface area contributed by atoms with E-state index in [0.717, 1.165) is 38.0 Å². The SMILES string of the molecule is CSCC[C@@H](NC(=O)C[C@@H]1Sc2ccccc2NC1=O)c1nc2ccccc2s1. The molecule has 0 unspecified atom stereocenters. The number of benzene rings is 2. The Labute approximate surface area is 182 Å². The molecule has 8 heteroatoms. The van der Waals surface area contributed by atoms with Crippen LogP contribution in [0.1, 0.15) is 23.9 Å². The number of carbonyl (C=O) groups is 2. The molecule has 0 bridgehead atoms. The molecule has 4 rings (SSSR count). The highest BCUT2D eigenvalue weighted by Crippen LogP contribution is 2.37. The number of rotatable bonds is 7. The second-order valence-corrected chi connectivity index (χ2v) is 10.0. The van der Waals surface area contributed by atoms with E-state index in [1.807, 2.05) is 48.5 Å².